The third-order valence-corrected chi connectivity index (χ3v) is 3.53. The van der Waals surface area contributed by atoms with Gasteiger partial charge in [-0.2, -0.15) is 0 Å². The Labute approximate surface area is 113 Å². The van der Waals surface area contributed by atoms with Crippen molar-refractivity contribution in [2.75, 3.05) is 50.5 Å². The second kappa shape index (κ2) is 5.88. The van der Waals surface area contributed by atoms with E-state index in [-0.39, 0.29) is 10.6 Å². The Morgan fingerprint density at radius 3 is 2.74 bits per heavy atom. The minimum atomic E-state index is -0.296. The zero-order valence-electron chi connectivity index (χ0n) is 11.4. The second-order valence-corrected chi connectivity index (χ2v) is 4.82. The molecule has 0 bridgehead atoms. The molecule has 1 fully saturated rings. The Morgan fingerprint density at radius 2 is 2.05 bits per heavy atom. The molecule has 1 heterocycles. The van der Waals surface area contributed by atoms with Gasteiger partial charge in [0.1, 0.15) is 11.4 Å². The summed E-state index contributed by atoms with van der Waals surface area (Å²) in [6.07, 6.45) is 1.03. The summed E-state index contributed by atoms with van der Waals surface area (Å²) in [5.74, 6) is 0. The second-order valence-electron chi connectivity index (χ2n) is 4.82. The molecule has 0 unspecified atom stereocenters. The van der Waals surface area contributed by atoms with Crippen LogP contribution in [0.3, 0.4) is 0 Å². The van der Waals surface area contributed by atoms with E-state index in [0.717, 1.165) is 32.6 Å². The highest BCUT2D eigenvalue weighted by atomic mass is 16.6. The zero-order valence-corrected chi connectivity index (χ0v) is 11.4. The lowest BCUT2D eigenvalue weighted by atomic mass is 10.2. The molecule has 0 saturated carbocycles. The van der Waals surface area contributed by atoms with Crippen LogP contribution in [0.25, 0.3) is 0 Å². The van der Waals surface area contributed by atoms with Gasteiger partial charge in [-0.05, 0) is 32.1 Å². The number of nitro benzene ring substituents is 1. The van der Waals surface area contributed by atoms with Crippen molar-refractivity contribution in [3.8, 4) is 0 Å². The molecular formula is C13H20N4O2. The van der Waals surface area contributed by atoms with E-state index in [2.05, 4.69) is 22.2 Å². The minimum Gasteiger partial charge on any atom is -0.382 e. The van der Waals surface area contributed by atoms with Gasteiger partial charge in [0.15, 0.2) is 0 Å². The largest absolute Gasteiger partial charge is 0.382 e. The van der Waals surface area contributed by atoms with Crippen LogP contribution in [0.2, 0.25) is 0 Å². The fourth-order valence-corrected chi connectivity index (χ4v) is 2.47. The summed E-state index contributed by atoms with van der Waals surface area (Å²) in [7, 11) is 3.80. The van der Waals surface area contributed by atoms with Gasteiger partial charge in [0.25, 0.3) is 0 Å². The van der Waals surface area contributed by atoms with Crippen LogP contribution >= 0.6 is 0 Å². The van der Waals surface area contributed by atoms with Gasteiger partial charge in [-0.1, -0.05) is 6.07 Å². The molecule has 1 aliphatic heterocycles. The van der Waals surface area contributed by atoms with Crippen molar-refractivity contribution in [2.45, 2.75) is 6.42 Å². The van der Waals surface area contributed by atoms with Gasteiger partial charge in [0, 0.05) is 26.7 Å². The van der Waals surface area contributed by atoms with E-state index >= 15 is 0 Å². The highest BCUT2D eigenvalue weighted by Gasteiger charge is 2.24. The Hall–Kier alpha value is -1.82. The molecule has 104 valence electrons. The van der Waals surface area contributed by atoms with Crippen molar-refractivity contribution < 1.29 is 4.92 Å². The molecule has 0 atom stereocenters. The molecule has 1 aromatic carbocycles. The quantitative estimate of drug-likeness (QED) is 0.666. The van der Waals surface area contributed by atoms with E-state index in [0.29, 0.717) is 11.4 Å². The van der Waals surface area contributed by atoms with Crippen LogP contribution in [0, 0.1) is 10.1 Å². The molecule has 19 heavy (non-hydrogen) atoms. The van der Waals surface area contributed by atoms with Crippen LogP contribution in [0.5, 0.6) is 0 Å². The first kappa shape index (κ1) is 13.6. The first-order chi connectivity index (χ1) is 9.13. The first-order valence-electron chi connectivity index (χ1n) is 6.52. The lowest BCUT2D eigenvalue weighted by Gasteiger charge is -2.23. The van der Waals surface area contributed by atoms with E-state index in [1.165, 1.54) is 0 Å². The van der Waals surface area contributed by atoms with Crippen molar-refractivity contribution in [3.05, 3.63) is 28.3 Å². The SMILES string of the molecule is CNc1cccc(N2CCCN(C)CC2)c1[N+](=O)[O-]. The average molecular weight is 264 g/mol. The number of nitro groups is 1. The van der Waals surface area contributed by atoms with E-state index in [1.807, 2.05) is 12.1 Å². The highest BCUT2D eigenvalue weighted by Crippen LogP contribution is 2.35. The number of nitrogens with zero attached hydrogens (tertiary/aromatic N) is 3. The van der Waals surface area contributed by atoms with Crippen molar-refractivity contribution in [1.82, 2.24) is 4.90 Å². The van der Waals surface area contributed by atoms with E-state index in [4.69, 9.17) is 0 Å². The number of hydrogen-bond acceptors (Lipinski definition) is 5. The van der Waals surface area contributed by atoms with Crippen LogP contribution in [0.4, 0.5) is 17.1 Å². The number of hydrogen-bond donors (Lipinski definition) is 1. The number of likely N-dealkylation sites (N-methyl/N-ethyl adjacent to an activating group) is 1. The molecule has 0 radical (unpaired) electrons. The molecule has 0 amide bonds. The molecule has 2 rings (SSSR count). The van der Waals surface area contributed by atoms with Crippen LogP contribution in [-0.4, -0.2) is 50.1 Å². The number of anilines is 2. The van der Waals surface area contributed by atoms with Crippen LogP contribution in [0.1, 0.15) is 6.42 Å². The molecule has 6 nitrogen and oxygen atoms in total. The summed E-state index contributed by atoms with van der Waals surface area (Å²) in [4.78, 5) is 15.4. The van der Waals surface area contributed by atoms with Gasteiger partial charge in [0.2, 0.25) is 0 Å². The fraction of sp³-hybridized carbons (Fsp3) is 0.538. The lowest BCUT2D eigenvalue weighted by molar-refractivity contribution is -0.383. The maximum Gasteiger partial charge on any atom is 0.315 e. The molecule has 0 aromatic heterocycles. The number of nitrogens with one attached hydrogen (secondary N) is 1. The molecule has 0 aliphatic carbocycles. The topological polar surface area (TPSA) is 61.6 Å². The average Bonchev–Trinajstić information content (AvgIpc) is 2.62. The summed E-state index contributed by atoms with van der Waals surface area (Å²) in [5.41, 5.74) is 1.46. The number of rotatable bonds is 3. The summed E-state index contributed by atoms with van der Waals surface area (Å²) >= 11 is 0. The fourth-order valence-electron chi connectivity index (χ4n) is 2.47. The molecule has 6 heteroatoms. The summed E-state index contributed by atoms with van der Waals surface area (Å²) in [6, 6.07) is 5.44. The van der Waals surface area contributed by atoms with Crippen molar-refractivity contribution in [2.24, 2.45) is 0 Å². The summed E-state index contributed by atoms with van der Waals surface area (Å²) in [6.45, 7) is 3.65. The normalized spacial score (nSPS) is 17.1. The van der Waals surface area contributed by atoms with E-state index < -0.39 is 0 Å². The standard InChI is InChI=1S/C13H20N4O2/c1-14-11-5-3-6-12(13(11)17(18)19)16-8-4-7-15(2)9-10-16/h3,5-6,14H,4,7-10H2,1-2H3. The monoisotopic (exact) mass is 264 g/mol. The maximum absolute atomic E-state index is 11.3. The van der Waals surface area contributed by atoms with Gasteiger partial charge < -0.3 is 15.1 Å². The van der Waals surface area contributed by atoms with E-state index in [1.54, 1.807) is 13.1 Å². The molecular weight excluding hydrogens is 244 g/mol. The molecule has 1 saturated heterocycles. The maximum atomic E-state index is 11.3. The lowest BCUT2D eigenvalue weighted by Crippen LogP contribution is -2.29. The van der Waals surface area contributed by atoms with Gasteiger partial charge in [-0.25, -0.2) is 0 Å². The smallest absolute Gasteiger partial charge is 0.315 e. The Kier molecular flexibility index (Phi) is 4.21. The number of benzene rings is 1. The van der Waals surface area contributed by atoms with Gasteiger partial charge in [-0.15, -0.1) is 0 Å². The number of para-hydroxylation sites is 1. The van der Waals surface area contributed by atoms with E-state index in [9.17, 15) is 10.1 Å². The Bertz CT molecular complexity index is 464. The van der Waals surface area contributed by atoms with Crippen molar-refractivity contribution in [3.63, 3.8) is 0 Å². The molecule has 1 aliphatic rings. The van der Waals surface area contributed by atoms with Gasteiger partial charge in [-0.3, -0.25) is 10.1 Å². The van der Waals surface area contributed by atoms with Gasteiger partial charge >= 0.3 is 5.69 Å². The third-order valence-electron chi connectivity index (χ3n) is 3.53. The molecule has 0 spiro atoms. The van der Waals surface area contributed by atoms with Crippen LogP contribution in [0.15, 0.2) is 18.2 Å². The molecule has 1 N–H and O–H groups in total. The Morgan fingerprint density at radius 1 is 1.26 bits per heavy atom. The summed E-state index contributed by atoms with van der Waals surface area (Å²) < 4.78 is 0. The third kappa shape index (κ3) is 2.96. The van der Waals surface area contributed by atoms with Crippen LogP contribution in [-0.2, 0) is 0 Å². The predicted molar refractivity (Wildman–Crippen MR) is 77.0 cm³/mol. The van der Waals surface area contributed by atoms with Gasteiger partial charge in [0.05, 0.1) is 4.92 Å². The first-order valence-corrected chi connectivity index (χ1v) is 6.52. The minimum absolute atomic E-state index is 0.176. The molecule has 1 aromatic rings. The van der Waals surface area contributed by atoms with Crippen molar-refractivity contribution >= 4 is 17.1 Å². The Balaban J connectivity index is 2.35. The predicted octanol–water partition coefficient (Wildman–Crippen LogP) is 1.78. The summed E-state index contributed by atoms with van der Waals surface area (Å²) in [5, 5.41) is 14.2. The van der Waals surface area contributed by atoms with Crippen LogP contribution < -0.4 is 10.2 Å². The van der Waals surface area contributed by atoms with Crippen molar-refractivity contribution in [1.29, 1.82) is 0 Å². The highest BCUT2D eigenvalue weighted by molar-refractivity contribution is 5.76. The zero-order chi connectivity index (χ0) is 13.8.